The minimum atomic E-state index is 0. The van der Waals surface area contributed by atoms with Crippen LogP contribution in [-0.2, 0) is 6.54 Å². The summed E-state index contributed by atoms with van der Waals surface area (Å²) in [6, 6.07) is 19.7. The van der Waals surface area contributed by atoms with Crippen LogP contribution in [0.2, 0.25) is 0 Å². The molecule has 3 heterocycles. The van der Waals surface area contributed by atoms with Crippen molar-refractivity contribution < 1.29 is 13.9 Å². The highest BCUT2D eigenvalue weighted by molar-refractivity contribution is 5.94. The standard InChI is InChI=1S/C26H25N3O3.ClH/c1-31-23-6-2-4-20(15-23)26(30)29-12-10-28(11-13-29)18-24-16-22-14-19(7-8-25(22)32-24)21-5-3-9-27-17-21;/h2-9,14-17H,10-13,18H2,1H3;1H. The van der Waals surface area contributed by atoms with E-state index in [1.165, 1.54) is 0 Å². The number of hydrogen-bond donors (Lipinski definition) is 0. The molecule has 0 saturated carbocycles. The molecule has 0 bridgehead atoms. The van der Waals surface area contributed by atoms with Crippen LogP contribution in [0.5, 0.6) is 5.75 Å². The van der Waals surface area contributed by atoms with Crippen LogP contribution in [0.3, 0.4) is 0 Å². The molecule has 1 fully saturated rings. The first-order chi connectivity index (χ1) is 15.7. The Morgan fingerprint density at radius 2 is 1.85 bits per heavy atom. The third-order valence-electron chi connectivity index (χ3n) is 5.92. The topological polar surface area (TPSA) is 58.8 Å². The zero-order chi connectivity index (χ0) is 21.9. The maximum atomic E-state index is 12.8. The average molecular weight is 464 g/mol. The normalized spacial score (nSPS) is 14.2. The first-order valence-corrected chi connectivity index (χ1v) is 10.8. The third kappa shape index (κ3) is 5.02. The summed E-state index contributed by atoms with van der Waals surface area (Å²) in [6.07, 6.45) is 3.65. The van der Waals surface area contributed by atoms with Crippen molar-refractivity contribution >= 4 is 29.3 Å². The fourth-order valence-corrected chi connectivity index (χ4v) is 4.16. The van der Waals surface area contributed by atoms with Crippen LogP contribution in [0.15, 0.2) is 77.5 Å². The molecule has 5 rings (SSSR count). The van der Waals surface area contributed by atoms with Crippen LogP contribution in [-0.4, -0.2) is 54.0 Å². The SMILES string of the molecule is COc1cccc(C(=O)N2CCN(Cc3cc4cc(-c5cccnc5)ccc4o3)CC2)c1.Cl. The van der Waals surface area contributed by atoms with E-state index < -0.39 is 0 Å². The van der Waals surface area contributed by atoms with Crippen LogP contribution in [0.4, 0.5) is 0 Å². The zero-order valence-corrected chi connectivity index (χ0v) is 19.3. The van der Waals surface area contributed by atoms with Gasteiger partial charge in [-0.05, 0) is 48.0 Å². The van der Waals surface area contributed by atoms with Crippen LogP contribution in [0.25, 0.3) is 22.1 Å². The number of carbonyl (C=O) groups is 1. The quantitative estimate of drug-likeness (QED) is 0.422. The van der Waals surface area contributed by atoms with E-state index in [0.717, 1.165) is 47.5 Å². The molecular formula is C26H26ClN3O3. The van der Waals surface area contributed by atoms with Crippen LogP contribution in [0.1, 0.15) is 16.1 Å². The fourth-order valence-electron chi connectivity index (χ4n) is 4.16. The van der Waals surface area contributed by atoms with E-state index in [2.05, 4.69) is 34.1 Å². The Hall–Kier alpha value is -3.35. The van der Waals surface area contributed by atoms with Crippen molar-refractivity contribution in [2.75, 3.05) is 33.3 Å². The van der Waals surface area contributed by atoms with Crippen LogP contribution in [0, 0.1) is 0 Å². The number of piperazine rings is 1. The number of rotatable bonds is 5. The Kier molecular flexibility index (Phi) is 6.96. The number of pyridine rings is 1. The molecule has 0 aliphatic carbocycles. The maximum Gasteiger partial charge on any atom is 0.254 e. The van der Waals surface area contributed by atoms with Gasteiger partial charge in [0.15, 0.2) is 0 Å². The summed E-state index contributed by atoms with van der Waals surface area (Å²) in [5.41, 5.74) is 3.77. The second kappa shape index (κ2) is 10.1. The molecule has 1 amide bonds. The minimum Gasteiger partial charge on any atom is -0.497 e. The van der Waals surface area contributed by atoms with Crippen molar-refractivity contribution in [1.82, 2.24) is 14.8 Å². The van der Waals surface area contributed by atoms with E-state index in [-0.39, 0.29) is 18.3 Å². The van der Waals surface area contributed by atoms with E-state index in [1.807, 2.05) is 41.4 Å². The number of halogens is 1. The highest BCUT2D eigenvalue weighted by Gasteiger charge is 2.23. The number of benzene rings is 2. The summed E-state index contributed by atoms with van der Waals surface area (Å²) < 4.78 is 11.3. The number of fused-ring (bicyclic) bond motifs is 1. The van der Waals surface area contributed by atoms with Crippen LogP contribution >= 0.6 is 12.4 Å². The lowest BCUT2D eigenvalue weighted by Crippen LogP contribution is -2.48. The second-order valence-corrected chi connectivity index (χ2v) is 8.01. The Morgan fingerprint density at radius 3 is 2.61 bits per heavy atom. The van der Waals surface area contributed by atoms with Crippen molar-refractivity contribution in [3.05, 3.63) is 84.4 Å². The maximum absolute atomic E-state index is 12.8. The summed E-state index contributed by atoms with van der Waals surface area (Å²) in [4.78, 5) is 21.3. The van der Waals surface area contributed by atoms with Crippen LogP contribution < -0.4 is 4.74 Å². The Balaban J connectivity index is 0.00000259. The van der Waals surface area contributed by atoms with E-state index >= 15 is 0 Å². The highest BCUT2D eigenvalue weighted by atomic mass is 35.5. The van der Waals surface area contributed by atoms with Gasteiger partial charge < -0.3 is 14.1 Å². The van der Waals surface area contributed by atoms with E-state index in [1.54, 1.807) is 19.4 Å². The van der Waals surface area contributed by atoms with Crippen molar-refractivity contribution in [2.24, 2.45) is 0 Å². The first kappa shape index (κ1) is 22.8. The van der Waals surface area contributed by atoms with Gasteiger partial charge in [0.25, 0.3) is 5.91 Å². The molecule has 0 spiro atoms. The van der Waals surface area contributed by atoms with Crippen molar-refractivity contribution in [3.8, 4) is 16.9 Å². The summed E-state index contributed by atoms with van der Waals surface area (Å²) in [6.45, 7) is 3.75. The number of methoxy groups -OCH3 is 1. The lowest BCUT2D eigenvalue weighted by Gasteiger charge is -2.34. The van der Waals surface area contributed by atoms with Gasteiger partial charge in [0.1, 0.15) is 17.1 Å². The molecule has 6 nitrogen and oxygen atoms in total. The first-order valence-electron chi connectivity index (χ1n) is 10.8. The summed E-state index contributed by atoms with van der Waals surface area (Å²) in [5.74, 6) is 1.69. The van der Waals surface area contributed by atoms with Gasteiger partial charge in [-0.15, -0.1) is 12.4 Å². The molecule has 0 unspecified atom stereocenters. The molecule has 1 saturated heterocycles. The number of hydrogen-bond acceptors (Lipinski definition) is 5. The molecular weight excluding hydrogens is 438 g/mol. The Bertz CT molecular complexity index is 1230. The molecule has 170 valence electrons. The van der Waals surface area contributed by atoms with Gasteiger partial charge >= 0.3 is 0 Å². The van der Waals surface area contributed by atoms with E-state index in [4.69, 9.17) is 9.15 Å². The van der Waals surface area contributed by atoms with E-state index in [9.17, 15) is 4.79 Å². The van der Waals surface area contributed by atoms with Gasteiger partial charge in [0.05, 0.1) is 13.7 Å². The van der Waals surface area contributed by atoms with Crippen molar-refractivity contribution in [3.63, 3.8) is 0 Å². The van der Waals surface area contributed by atoms with E-state index in [0.29, 0.717) is 24.4 Å². The number of furan rings is 1. The second-order valence-electron chi connectivity index (χ2n) is 8.01. The molecule has 2 aromatic carbocycles. The average Bonchev–Trinajstić information content (AvgIpc) is 3.26. The monoisotopic (exact) mass is 463 g/mol. The highest BCUT2D eigenvalue weighted by Crippen LogP contribution is 2.27. The molecule has 1 aliphatic rings. The molecule has 7 heteroatoms. The number of nitrogens with zero attached hydrogens (tertiary/aromatic N) is 3. The summed E-state index contributed by atoms with van der Waals surface area (Å²) in [5, 5.41) is 1.09. The Labute approximate surface area is 199 Å². The van der Waals surface area contributed by atoms with Crippen molar-refractivity contribution in [2.45, 2.75) is 6.54 Å². The lowest BCUT2D eigenvalue weighted by atomic mass is 10.1. The van der Waals surface area contributed by atoms with Gasteiger partial charge in [-0.2, -0.15) is 0 Å². The molecule has 0 N–H and O–H groups in total. The van der Waals surface area contributed by atoms with Gasteiger partial charge in [-0.3, -0.25) is 14.7 Å². The molecule has 0 atom stereocenters. The van der Waals surface area contributed by atoms with Crippen molar-refractivity contribution in [1.29, 1.82) is 0 Å². The summed E-state index contributed by atoms with van der Waals surface area (Å²) >= 11 is 0. The predicted molar refractivity (Wildman–Crippen MR) is 131 cm³/mol. The number of ether oxygens (including phenoxy) is 1. The molecule has 33 heavy (non-hydrogen) atoms. The number of amides is 1. The predicted octanol–water partition coefficient (Wildman–Crippen LogP) is 4.88. The molecule has 1 aliphatic heterocycles. The fraction of sp³-hybridized carbons (Fsp3) is 0.231. The molecule has 2 aromatic heterocycles. The third-order valence-corrected chi connectivity index (χ3v) is 5.92. The smallest absolute Gasteiger partial charge is 0.254 e. The number of aromatic nitrogens is 1. The molecule has 0 radical (unpaired) electrons. The largest absolute Gasteiger partial charge is 0.497 e. The lowest BCUT2D eigenvalue weighted by molar-refractivity contribution is 0.0620. The molecule has 4 aromatic rings. The Morgan fingerprint density at radius 1 is 1.00 bits per heavy atom. The number of carbonyl (C=O) groups excluding carboxylic acids is 1. The van der Waals surface area contributed by atoms with Gasteiger partial charge in [-0.1, -0.05) is 18.2 Å². The van der Waals surface area contributed by atoms with Gasteiger partial charge in [0.2, 0.25) is 0 Å². The van der Waals surface area contributed by atoms with Gasteiger partial charge in [-0.25, -0.2) is 0 Å². The minimum absolute atomic E-state index is 0. The van der Waals surface area contributed by atoms with Gasteiger partial charge in [0, 0.05) is 55.1 Å². The zero-order valence-electron chi connectivity index (χ0n) is 18.4. The summed E-state index contributed by atoms with van der Waals surface area (Å²) in [7, 11) is 1.61.